The van der Waals surface area contributed by atoms with Gasteiger partial charge < -0.3 is 28.4 Å². The predicted octanol–water partition coefficient (Wildman–Crippen LogP) is 2.37. The van der Waals surface area contributed by atoms with Crippen LogP contribution >= 0.6 is 11.6 Å². The maximum atomic E-state index is 5.49. The number of rotatable bonds is 20. The quantitative estimate of drug-likeness (QED) is 0.242. The summed E-state index contributed by atoms with van der Waals surface area (Å²) >= 11 is 5.48. The molecule has 0 aromatic carbocycles. The van der Waals surface area contributed by atoms with Crippen molar-refractivity contribution in [3.63, 3.8) is 0 Å². The van der Waals surface area contributed by atoms with E-state index < -0.39 is 0 Å². The van der Waals surface area contributed by atoms with Crippen molar-refractivity contribution in [1.29, 1.82) is 0 Å². The van der Waals surface area contributed by atoms with Crippen LogP contribution in [-0.4, -0.2) is 85.2 Å². The van der Waals surface area contributed by atoms with E-state index in [-0.39, 0.29) is 0 Å². The van der Waals surface area contributed by atoms with Crippen LogP contribution in [0.15, 0.2) is 0 Å². The van der Waals surface area contributed by atoms with Gasteiger partial charge in [-0.05, 0) is 5.92 Å². The van der Waals surface area contributed by atoms with Crippen molar-refractivity contribution >= 4 is 11.6 Å². The number of halogens is 1. The molecule has 1 unspecified atom stereocenters. The van der Waals surface area contributed by atoms with Crippen LogP contribution in [0.3, 0.4) is 0 Å². The highest BCUT2D eigenvalue weighted by atomic mass is 35.5. The zero-order valence-electron chi connectivity index (χ0n) is 15.3. The fourth-order valence-corrected chi connectivity index (χ4v) is 1.67. The SMILES string of the molecule is CCC(C)COCCOCCOCCOCCOCCOCCCl. The van der Waals surface area contributed by atoms with Gasteiger partial charge in [0.1, 0.15) is 0 Å². The summed E-state index contributed by atoms with van der Waals surface area (Å²) < 4.78 is 32.2. The van der Waals surface area contributed by atoms with Crippen LogP contribution in [0.4, 0.5) is 0 Å². The number of ether oxygens (including phenoxy) is 6. The van der Waals surface area contributed by atoms with Crippen molar-refractivity contribution < 1.29 is 28.4 Å². The second-order valence-corrected chi connectivity index (χ2v) is 5.72. The molecule has 0 heterocycles. The van der Waals surface area contributed by atoms with Gasteiger partial charge in [0.2, 0.25) is 0 Å². The molecule has 0 fully saturated rings. The average Bonchev–Trinajstić information content (AvgIpc) is 2.60. The Kier molecular flexibility index (Phi) is 21.1. The summed E-state index contributed by atoms with van der Waals surface area (Å²) in [7, 11) is 0. The van der Waals surface area contributed by atoms with Crippen molar-refractivity contribution in [2.45, 2.75) is 20.3 Å². The first-order valence-corrected chi connectivity index (χ1v) is 9.37. The average molecular weight is 371 g/mol. The van der Waals surface area contributed by atoms with Crippen LogP contribution in [0.5, 0.6) is 0 Å². The van der Waals surface area contributed by atoms with E-state index in [4.69, 9.17) is 40.0 Å². The fraction of sp³-hybridized carbons (Fsp3) is 1.00. The van der Waals surface area contributed by atoms with Crippen LogP contribution < -0.4 is 0 Å². The van der Waals surface area contributed by atoms with E-state index in [9.17, 15) is 0 Å². The molecule has 0 aromatic heterocycles. The fourth-order valence-electron chi connectivity index (χ4n) is 1.56. The Balaban J connectivity index is 2.98. The van der Waals surface area contributed by atoms with Crippen LogP contribution in [0.25, 0.3) is 0 Å². The van der Waals surface area contributed by atoms with Crippen LogP contribution in [-0.2, 0) is 28.4 Å². The van der Waals surface area contributed by atoms with Gasteiger partial charge in [-0.25, -0.2) is 0 Å². The molecule has 0 saturated carbocycles. The summed E-state index contributed by atoms with van der Waals surface area (Å²) in [5.74, 6) is 1.13. The van der Waals surface area contributed by atoms with Gasteiger partial charge in [0.05, 0.1) is 72.7 Å². The van der Waals surface area contributed by atoms with Gasteiger partial charge in [-0.2, -0.15) is 0 Å². The van der Waals surface area contributed by atoms with Gasteiger partial charge >= 0.3 is 0 Å². The van der Waals surface area contributed by atoms with Gasteiger partial charge in [0.25, 0.3) is 0 Å². The zero-order valence-corrected chi connectivity index (χ0v) is 16.1. The molecule has 0 radical (unpaired) electrons. The van der Waals surface area contributed by atoms with Crippen LogP contribution in [0.2, 0.25) is 0 Å². The molecule has 0 spiro atoms. The molecule has 7 heteroatoms. The Morgan fingerprint density at radius 2 is 0.917 bits per heavy atom. The maximum Gasteiger partial charge on any atom is 0.0701 e. The topological polar surface area (TPSA) is 55.4 Å². The molecule has 0 aliphatic carbocycles. The molecule has 0 bridgehead atoms. The van der Waals surface area contributed by atoms with Crippen LogP contribution in [0, 0.1) is 5.92 Å². The summed E-state index contributed by atoms with van der Waals surface area (Å²) in [5.41, 5.74) is 0. The molecule has 1 atom stereocenters. The molecule has 0 amide bonds. The van der Waals surface area contributed by atoms with E-state index in [1.165, 1.54) is 0 Å². The first kappa shape index (κ1) is 24.1. The summed E-state index contributed by atoms with van der Waals surface area (Å²) in [6.07, 6.45) is 1.14. The summed E-state index contributed by atoms with van der Waals surface area (Å²) in [5, 5.41) is 0. The summed E-state index contributed by atoms with van der Waals surface area (Å²) in [6, 6.07) is 0. The molecular weight excluding hydrogens is 336 g/mol. The highest BCUT2D eigenvalue weighted by Crippen LogP contribution is 1.99. The van der Waals surface area contributed by atoms with Crippen molar-refractivity contribution in [3.8, 4) is 0 Å². The standard InChI is InChI=1S/C17H35ClO6/c1-3-17(2)16-24-15-14-23-13-12-22-11-10-21-9-8-20-7-6-19-5-4-18/h17H,3-16H2,1-2H3. The predicted molar refractivity (Wildman–Crippen MR) is 95.1 cm³/mol. The van der Waals surface area contributed by atoms with Crippen LogP contribution in [0.1, 0.15) is 20.3 Å². The Morgan fingerprint density at radius 1 is 0.583 bits per heavy atom. The van der Waals surface area contributed by atoms with Crippen molar-refractivity contribution in [1.82, 2.24) is 0 Å². The van der Waals surface area contributed by atoms with Gasteiger partial charge in [-0.3, -0.25) is 0 Å². The second-order valence-electron chi connectivity index (χ2n) is 5.34. The Labute approximate surface area is 152 Å². The molecule has 0 saturated heterocycles. The third-order valence-electron chi connectivity index (χ3n) is 3.18. The third-order valence-corrected chi connectivity index (χ3v) is 3.34. The number of hydrogen-bond donors (Lipinski definition) is 0. The molecule has 0 rings (SSSR count). The first-order valence-electron chi connectivity index (χ1n) is 8.83. The lowest BCUT2D eigenvalue weighted by atomic mass is 10.1. The summed E-state index contributed by atoms with van der Waals surface area (Å²) in [6.45, 7) is 11.5. The highest BCUT2D eigenvalue weighted by Gasteiger charge is 1.98. The number of hydrogen-bond acceptors (Lipinski definition) is 6. The van der Waals surface area contributed by atoms with Crippen molar-refractivity contribution in [2.75, 3.05) is 85.2 Å². The van der Waals surface area contributed by atoms with Gasteiger partial charge in [-0.15, -0.1) is 11.6 Å². The zero-order chi connectivity index (χ0) is 17.7. The normalized spacial score (nSPS) is 12.6. The van der Waals surface area contributed by atoms with E-state index in [0.717, 1.165) is 13.0 Å². The molecule has 0 aromatic rings. The van der Waals surface area contributed by atoms with E-state index in [1.54, 1.807) is 0 Å². The molecule has 0 aliphatic rings. The van der Waals surface area contributed by atoms with Crippen molar-refractivity contribution in [2.24, 2.45) is 5.92 Å². The van der Waals surface area contributed by atoms with E-state index in [2.05, 4.69) is 13.8 Å². The molecule has 6 nitrogen and oxygen atoms in total. The Morgan fingerprint density at radius 3 is 1.25 bits per heavy atom. The second kappa shape index (κ2) is 21.1. The molecule has 0 aliphatic heterocycles. The molecule has 146 valence electrons. The molecular formula is C17H35ClO6. The van der Waals surface area contributed by atoms with Gasteiger partial charge in [-0.1, -0.05) is 20.3 Å². The van der Waals surface area contributed by atoms with Crippen molar-refractivity contribution in [3.05, 3.63) is 0 Å². The monoisotopic (exact) mass is 370 g/mol. The minimum absolute atomic E-state index is 0.514. The number of alkyl halides is 1. The summed E-state index contributed by atoms with van der Waals surface area (Å²) in [4.78, 5) is 0. The highest BCUT2D eigenvalue weighted by molar-refractivity contribution is 6.17. The Bertz CT molecular complexity index is 233. The maximum absolute atomic E-state index is 5.49. The van der Waals surface area contributed by atoms with Gasteiger partial charge in [0.15, 0.2) is 0 Å². The molecule has 0 N–H and O–H groups in total. The largest absolute Gasteiger partial charge is 0.379 e. The van der Waals surface area contributed by atoms with E-state index >= 15 is 0 Å². The minimum atomic E-state index is 0.514. The first-order chi connectivity index (χ1) is 11.8. The van der Waals surface area contributed by atoms with E-state index in [1.807, 2.05) is 0 Å². The third kappa shape index (κ3) is 20.1. The van der Waals surface area contributed by atoms with E-state index in [0.29, 0.717) is 84.5 Å². The lowest BCUT2D eigenvalue weighted by Crippen LogP contribution is -2.14. The lowest BCUT2D eigenvalue weighted by molar-refractivity contribution is -0.0176. The molecule has 24 heavy (non-hydrogen) atoms. The smallest absolute Gasteiger partial charge is 0.0701 e. The Hall–Kier alpha value is 0.0500. The minimum Gasteiger partial charge on any atom is -0.379 e. The lowest BCUT2D eigenvalue weighted by Gasteiger charge is -2.10. The van der Waals surface area contributed by atoms with Gasteiger partial charge in [0, 0.05) is 12.5 Å².